The summed E-state index contributed by atoms with van der Waals surface area (Å²) < 4.78 is 30.0. The first-order valence-electron chi connectivity index (χ1n) is 15.3. The highest BCUT2D eigenvalue weighted by atomic mass is 16.5. The number of ether oxygens (including phenoxy) is 5. The molecule has 6 nitrogen and oxygen atoms in total. The lowest BCUT2D eigenvalue weighted by Crippen LogP contribution is -2.20. The van der Waals surface area contributed by atoms with E-state index in [1.165, 1.54) is 5.56 Å². The number of hydrogen-bond acceptors (Lipinski definition) is 6. The quantitative estimate of drug-likeness (QED) is 0.109. The van der Waals surface area contributed by atoms with Crippen LogP contribution < -0.4 is 29.0 Å². The van der Waals surface area contributed by atoms with Gasteiger partial charge in [0.2, 0.25) is 5.75 Å². The number of rotatable bonds is 17. The van der Waals surface area contributed by atoms with Gasteiger partial charge < -0.3 is 29.0 Å². The molecule has 0 saturated carbocycles. The van der Waals surface area contributed by atoms with Gasteiger partial charge in [-0.1, -0.05) is 97.1 Å². The van der Waals surface area contributed by atoms with Crippen LogP contribution in [0.4, 0.5) is 0 Å². The van der Waals surface area contributed by atoms with E-state index in [1.807, 2.05) is 78.9 Å². The average molecular weight is 604 g/mol. The molecule has 0 aliphatic carbocycles. The number of benzene rings is 5. The highest BCUT2D eigenvalue weighted by molar-refractivity contribution is 5.54. The second-order valence-corrected chi connectivity index (χ2v) is 10.7. The molecule has 0 saturated heterocycles. The minimum Gasteiger partial charge on any atom is -0.493 e. The molecule has 232 valence electrons. The van der Waals surface area contributed by atoms with Crippen LogP contribution in [0.2, 0.25) is 0 Å². The van der Waals surface area contributed by atoms with Gasteiger partial charge >= 0.3 is 0 Å². The fraction of sp³-hybridized carbons (Fsp3) is 0.231. The van der Waals surface area contributed by atoms with E-state index in [-0.39, 0.29) is 0 Å². The maximum Gasteiger partial charge on any atom is 0.203 e. The molecule has 0 aliphatic heterocycles. The van der Waals surface area contributed by atoms with E-state index in [1.54, 1.807) is 14.2 Å². The monoisotopic (exact) mass is 603 g/mol. The van der Waals surface area contributed by atoms with Gasteiger partial charge in [-0.3, -0.25) is 0 Å². The molecule has 0 fully saturated rings. The second-order valence-electron chi connectivity index (χ2n) is 10.7. The van der Waals surface area contributed by atoms with Crippen molar-refractivity contribution in [1.29, 1.82) is 0 Å². The molecule has 5 aromatic carbocycles. The Morgan fingerprint density at radius 2 is 0.889 bits per heavy atom. The average Bonchev–Trinajstić information content (AvgIpc) is 3.10. The fourth-order valence-electron chi connectivity index (χ4n) is 4.96. The Hall–Kier alpha value is -4.94. The molecule has 1 N–H and O–H groups in total. The Balaban J connectivity index is 1.19. The van der Waals surface area contributed by atoms with Crippen molar-refractivity contribution in [3.63, 3.8) is 0 Å². The molecule has 5 rings (SSSR count). The van der Waals surface area contributed by atoms with Gasteiger partial charge in [-0.25, -0.2) is 0 Å². The van der Waals surface area contributed by atoms with Crippen LogP contribution in [0.3, 0.4) is 0 Å². The summed E-state index contributed by atoms with van der Waals surface area (Å²) in [5.74, 6) is 3.43. The summed E-state index contributed by atoms with van der Waals surface area (Å²) in [5, 5.41) is 3.58. The molecule has 0 aromatic heterocycles. The van der Waals surface area contributed by atoms with E-state index < -0.39 is 0 Å². The second kappa shape index (κ2) is 16.8. The lowest BCUT2D eigenvalue weighted by atomic mass is 10.1. The van der Waals surface area contributed by atoms with Gasteiger partial charge in [-0.2, -0.15) is 0 Å². The molecule has 0 aliphatic rings. The van der Waals surface area contributed by atoms with Gasteiger partial charge in [0.15, 0.2) is 23.0 Å². The molecule has 45 heavy (non-hydrogen) atoms. The van der Waals surface area contributed by atoms with Crippen LogP contribution in [-0.4, -0.2) is 27.3 Å². The van der Waals surface area contributed by atoms with Crippen LogP contribution >= 0.6 is 0 Å². The van der Waals surface area contributed by atoms with Crippen LogP contribution in [0.5, 0.6) is 28.7 Å². The van der Waals surface area contributed by atoms with Crippen LogP contribution in [0, 0.1) is 0 Å². The predicted octanol–water partition coefficient (Wildman–Crippen LogP) is 7.82. The fourth-order valence-corrected chi connectivity index (χ4v) is 4.96. The number of methoxy groups -OCH3 is 2. The third-order valence-electron chi connectivity index (χ3n) is 7.41. The molecule has 0 atom stereocenters. The first-order valence-corrected chi connectivity index (χ1v) is 15.3. The van der Waals surface area contributed by atoms with E-state index in [2.05, 4.69) is 47.8 Å². The van der Waals surface area contributed by atoms with Gasteiger partial charge in [0, 0.05) is 0 Å². The van der Waals surface area contributed by atoms with Gasteiger partial charge in [0.25, 0.3) is 0 Å². The molecule has 0 heterocycles. The van der Waals surface area contributed by atoms with Crippen molar-refractivity contribution in [3.05, 3.63) is 149 Å². The van der Waals surface area contributed by atoms with Crippen LogP contribution in [0.25, 0.3) is 0 Å². The summed E-state index contributed by atoms with van der Waals surface area (Å²) in [5.41, 5.74) is 5.58. The van der Waals surface area contributed by atoms with Gasteiger partial charge in [0.05, 0.1) is 14.2 Å². The maximum absolute atomic E-state index is 6.31. The standard InChI is InChI=1S/C39H41NO5/c1-41-35-19-18-30(24-36(35)43-27-31-12-6-3-7-13-31)20-22-40-23-21-34-25-37(42-2)39(45-29-33-16-10-5-11-17-33)38(26-34)44-28-32-14-8-4-9-15-32/h3-19,24-26,40H,20-23,27-29H2,1-2H3. The molecule has 0 radical (unpaired) electrons. The topological polar surface area (TPSA) is 58.2 Å². The Kier molecular flexibility index (Phi) is 11.7. The molecule has 0 bridgehead atoms. The van der Waals surface area contributed by atoms with E-state index in [9.17, 15) is 0 Å². The van der Waals surface area contributed by atoms with Crippen molar-refractivity contribution >= 4 is 0 Å². The van der Waals surface area contributed by atoms with Gasteiger partial charge in [-0.05, 0) is 78.0 Å². The molecule has 6 heteroatoms. The third kappa shape index (κ3) is 9.52. The summed E-state index contributed by atoms with van der Waals surface area (Å²) >= 11 is 0. The van der Waals surface area contributed by atoms with Gasteiger partial charge in [0.1, 0.15) is 19.8 Å². The van der Waals surface area contributed by atoms with E-state index in [0.29, 0.717) is 37.1 Å². The predicted molar refractivity (Wildman–Crippen MR) is 179 cm³/mol. The van der Waals surface area contributed by atoms with E-state index in [0.717, 1.165) is 59.7 Å². The third-order valence-corrected chi connectivity index (χ3v) is 7.41. The Labute approximate surface area is 266 Å². The first-order chi connectivity index (χ1) is 22.2. The van der Waals surface area contributed by atoms with Crippen molar-refractivity contribution < 1.29 is 23.7 Å². The van der Waals surface area contributed by atoms with E-state index >= 15 is 0 Å². The molecular weight excluding hydrogens is 562 g/mol. The summed E-state index contributed by atoms with van der Waals surface area (Å²) in [6, 6.07) is 40.6. The molecule has 5 aromatic rings. The maximum atomic E-state index is 6.31. The van der Waals surface area contributed by atoms with Crippen molar-refractivity contribution in [2.45, 2.75) is 32.7 Å². The smallest absolute Gasteiger partial charge is 0.203 e. The summed E-state index contributed by atoms with van der Waals surface area (Å²) in [7, 11) is 3.33. The zero-order chi connectivity index (χ0) is 31.1. The summed E-state index contributed by atoms with van der Waals surface area (Å²) in [6.45, 7) is 2.99. The highest BCUT2D eigenvalue weighted by Crippen LogP contribution is 2.40. The minimum absolute atomic E-state index is 0.421. The molecule has 0 amide bonds. The lowest BCUT2D eigenvalue weighted by molar-refractivity contribution is 0.243. The molecule has 0 unspecified atom stereocenters. The normalized spacial score (nSPS) is 10.7. The van der Waals surface area contributed by atoms with Crippen molar-refractivity contribution in [3.8, 4) is 28.7 Å². The Bertz CT molecular complexity index is 1590. The van der Waals surface area contributed by atoms with Gasteiger partial charge in [-0.15, -0.1) is 0 Å². The van der Waals surface area contributed by atoms with Crippen LogP contribution in [-0.2, 0) is 32.7 Å². The van der Waals surface area contributed by atoms with Crippen molar-refractivity contribution in [2.75, 3.05) is 27.3 Å². The Morgan fingerprint density at radius 3 is 1.44 bits per heavy atom. The van der Waals surface area contributed by atoms with Crippen LogP contribution in [0.15, 0.2) is 121 Å². The minimum atomic E-state index is 0.421. The number of hydrogen-bond donors (Lipinski definition) is 1. The van der Waals surface area contributed by atoms with Crippen LogP contribution in [0.1, 0.15) is 27.8 Å². The molecular formula is C39H41NO5. The first kappa shape index (κ1) is 31.5. The van der Waals surface area contributed by atoms with Crippen molar-refractivity contribution in [1.82, 2.24) is 5.32 Å². The number of nitrogens with one attached hydrogen (secondary N) is 1. The zero-order valence-corrected chi connectivity index (χ0v) is 26.0. The lowest BCUT2D eigenvalue weighted by Gasteiger charge is -2.18. The largest absolute Gasteiger partial charge is 0.493 e. The SMILES string of the molecule is COc1ccc(CCNCCc2cc(OC)c(OCc3ccccc3)c(OCc3ccccc3)c2)cc1OCc1ccccc1. The van der Waals surface area contributed by atoms with E-state index in [4.69, 9.17) is 23.7 Å². The summed E-state index contributed by atoms with van der Waals surface area (Å²) in [4.78, 5) is 0. The molecule has 0 spiro atoms. The Morgan fingerprint density at radius 1 is 0.422 bits per heavy atom. The van der Waals surface area contributed by atoms with Crippen molar-refractivity contribution in [2.24, 2.45) is 0 Å². The zero-order valence-electron chi connectivity index (χ0n) is 26.0. The summed E-state index contributed by atoms with van der Waals surface area (Å²) in [6.07, 6.45) is 1.68. The highest BCUT2D eigenvalue weighted by Gasteiger charge is 2.16.